The summed E-state index contributed by atoms with van der Waals surface area (Å²) in [6.45, 7) is 7.11. The van der Waals surface area contributed by atoms with Crippen LogP contribution in [0.25, 0.3) is 11.0 Å². The number of piperazine rings is 1. The van der Waals surface area contributed by atoms with E-state index in [0.29, 0.717) is 42.3 Å². The number of benzene rings is 1. The second-order valence-corrected chi connectivity index (χ2v) is 6.34. The van der Waals surface area contributed by atoms with Crippen LogP contribution in [0.1, 0.15) is 23.0 Å². The maximum atomic E-state index is 13.0. The van der Waals surface area contributed by atoms with Gasteiger partial charge in [0.05, 0.1) is 18.8 Å². The number of hydrogen-bond acceptors (Lipinski definition) is 5. The van der Waals surface area contributed by atoms with Gasteiger partial charge in [-0.05, 0) is 32.0 Å². The number of nitrogens with zero attached hydrogens (tertiary/aromatic N) is 2. The van der Waals surface area contributed by atoms with Crippen LogP contribution in [-0.4, -0.2) is 66.8 Å². The molecule has 1 fully saturated rings. The molecule has 1 unspecified atom stereocenters. The molecule has 1 N–H and O–H groups in total. The minimum atomic E-state index is -0.347. The normalized spacial score (nSPS) is 17.2. The third kappa shape index (κ3) is 3.25. The van der Waals surface area contributed by atoms with E-state index in [9.17, 15) is 9.90 Å². The molecule has 130 valence electrons. The molecule has 24 heavy (non-hydrogen) atoms. The lowest BCUT2D eigenvalue weighted by Crippen LogP contribution is -2.50. The molecule has 1 amide bonds. The summed E-state index contributed by atoms with van der Waals surface area (Å²) in [7, 11) is 1.61. The van der Waals surface area contributed by atoms with Gasteiger partial charge in [0.1, 0.15) is 17.1 Å². The van der Waals surface area contributed by atoms with Gasteiger partial charge in [-0.3, -0.25) is 9.69 Å². The number of methoxy groups -OCH3 is 1. The molecule has 0 radical (unpaired) electrons. The maximum Gasteiger partial charge on any atom is 0.258 e. The molecular formula is C18H24N2O4. The second kappa shape index (κ2) is 6.83. The van der Waals surface area contributed by atoms with Crippen LogP contribution in [0, 0.1) is 6.92 Å². The Morgan fingerprint density at radius 3 is 2.67 bits per heavy atom. The third-order valence-corrected chi connectivity index (χ3v) is 4.47. The van der Waals surface area contributed by atoms with E-state index in [1.165, 1.54) is 0 Å². The predicted molar refractivity (Wildman–Crippen MR) is 91.5 cm³/mol. The van der Waals surface area contributed by atoms with Crippen molar-refractivity contribution in [2.24, 2.45) is 0 Å². The van der Waals surface area contributed by atoms with Crippen molar-refractivity contribution in [3.05, 3.63) is 29.5 Å². The number of aliphatic hydroxyl groups is 1. The number of aryl methyl sites for hydroxylation is 1. The number of amides is 1. The first-order chi connectivity index (χ1) is 11.5. The van der Waals surface area contributed by atoms with Crippen LogP contribution < -0.4 is 4.74 Å². The SMILES string of the molecule is COc1ccc2oc(C)c(C(=O)N3CCN(CC(C)O)CC3)c2c1. The van der Waals surface area contributed by atoms with E-state index in [-0.39, 0.29) is 12.0 Å². The Balaban J connectivity index is 1.80. The number of hydrogen-bond donors (Lipinski definition) is 1. The van der Waals surface area contributed by atoms with E-state index >= 15 is 0 Å². The summed E-state index contributed by atoms with van der Waals surface area (Å²) < 4.78 is 11.0. The molecule has 3 rings (SSSR count). The van der Waals surface area contributed by atoms with Gasteiger partial charge in [0.25, 0.3) is 5.91 Å². The zero-order valence-electron chi connectivity index (χ0n) is 14.4. The fourth-order valence-electron chi connectivity index (χ4n) is 3.26. The Kier molecular flexibility index (Phi) is 4.78. The summed E-state index contributed by atoms with van der Waals surface area (Å²) in [5, 5.41) is 10.3. The minimum absolute atomic E-state index is 0.00352. The molecule has 6 heteroatoms. The summed E-state index contributed by atoms with van der Waals surface area (Å²) in [6.07, 6.45) is -0.347. The van der Waals surface area contributed by atoms with Gasteiger partial charge in [-0.25, -0.2) is 0 Å². The number of carbonyl (C=O) groups is 1. The van der Waals surface area contributed by atoms with Crippen LogP contribution in [-0.2, 0) is 0 Å². The highest BCUT2D eigenvalue weighted by Crippen LogP contribution is 2.30. The largest absolute Gasteiger partial charge is 0.497 e. The first-order valence-corrected chi connectivity index (χ1v) is 8.26. The van der Waals surface area contributed by atoms with Crippen molar-refractivity contribution >= 4 is 16.9 Å². The van der Waals surface area contributed by atoms with Gasteiger partial charge in [0.2, 0.25) is 0 Å². The zero-order chi connectivity index (χ0) is 17.3. The van der Waals surface area contributed by atoms with Crippen LogP contribution in [0.3, 0.4) is 0 Å². The molecule has 1 atom stereocenters. The van der Waals surface area contributed by atoms with Crippen molar-refractivity contribution in [1.29, 1.82) is 0 Å². The molecule has 0 bridgehead atoms. The molecule has 0 saturated carbocycles. The summed E-state index contributed by atoms with van der Waals surface area (Å²) in [6, 6.07) is 5.51. The van der Waals surface area contributed by atoms with Crippen molar-refractivity contribution in [1.82, 2.24) is 9.80 Å². The fourth-order valence-corrected chi connectivity index (χ4v) is 3.26. The highest BCUT2D eigenvalue weighted by Gasteiger charge is 2.27. The molecule has 1 aromatic heterocycles. The molecule has 2 heterocycles. The van der Waals surface area contributed by atoms with Crippen molar-refractivity contribution < 1.29 is 19.1 Å². The third-order valence-electron chi connectivity index (χ3n) is 4.47. The Hall–Kier alpha value is -2.05. The van der Waals surface area contributed by atoms with Crippen LogP contribution in [0.4, 0.5) is 0 Å². The topological polar surface area (TPSA) is 66.2 Å². The molecular weight excluding hydrogens is 308 g/mol. The Bertz CT molecular complexity index is 730. The fraction of sp³-hybridized carbons (Fsp3) is 0.500. The standard InChI is InChI=1S/C18H24N2O4/c1-12(21)11-19-6-8-20(9-7-19)18(22)17-13(2)24-16-5-4-14(23-3)10-15(16)17/h4-5,10,12,21H,6-9,11H2,1-3H3. The van der Waals surface area contributed by atoms with E-state index in [1.807, 2.05) is 30.0 Å². The predicted octanol–water partition coefficient (Wildman–Crippen LogP) is 1.89. The smallest absolute Gasteiger partial charge is 0.258 e. The number of rotatable bonds is 4. The molecule has 1 aliphatic rings. The van der Waals surface area contributed by atoms with E-state index < -0.39 is 0 Å². The number of carbonyl (C=O) groups excluding carboxylic acids is 1. The summed E-state index contributed by atoms with van der Waals surface area (Å²) >= 11 is 0. The van der Waals surface area contributed by atoms with Crippen molar-refractivity contribution in [3.8, 4) is 5.75 Å². The van der Waals surface area contributed by atoms with Gasteiger partial charge >= 0.3 is 0 Å². The van der Waals surface area contributed by atoms with E-state index in [1.54, 1.807) is 14.0 Å². The van der Waals surface area contributed by atoms with Gasteiger partial charge in [0, 0.05) is 38.1 Å². The van der Waals surface area contributed by atoms with Gasteiger partial charge < -0.3 is 19.2 Å². The second-order valence-electron chi connectivity index (χ2n) is 6.34. The maximum absolute atomic E-state index is 13.0. The number of β-amino-alcohol motifs (C(OH)–C–C–N with tert-alkyl or cyclic N) is 1. The monoisotopic (exact) mass is 332 g/mol. The van der Waals surface area contributed by atoms with Crippen molar-refractivity contribution in [2.45, 2.75) is 20.0 Å². The quantitative estimate of drug-likeness (QED) is 0.926. The van der Waals surface area contributed by atoms with Crippen LogP contribution >= 0.6 is 0 Å². The number of fused-ring (bicyclic) bond motifs is 1. The minimum Gasteiger partial charge on any atom is -0.497 e. The number of aliphatic hydroxyl groups excluding tert-OH is 1. The lowest BCUT2D eigenvalue weighted by atomic mass is 10.1. The first-order valence-electron chi connectivity index (χ1n) is 8.26. The van der Waals surface area contributed by atoms with E-state index in [2.05, 4.69) is 4.90 Å². The Morgan fingerprint density at radius 2 is 2.04 bits per heavy atom. The van der Waals surface area contributed by atoms with Gasteiger partial charge in [-0.2, -0.15) is 0 Å². The highest BCUT2D eigenvalue weighted by molar-refractivity contribution is 6.07. The van der Waals surface area contributed by atoms with Gasteiger partial charge in [0.15, 0.2) is 0 Å². The summed E-state index contributed by atoms with van der Waals surface area (Å²) in [5.74, 6) is 1.34. The van der Waals surface area contributed by atoms with Crippen molar-refractivity contribution in [3.63, 3.8) is 0 Å². The van der Waals surface area contributed by atoms with Crippen LogP contribution in [0.2, 0.25) is 0 Å². The van der Waals surface area contributed by atoms with Crippen molar-refractivity contribution in [2.75, 3.05) is 39.8 Å². The number of furan rings is 1. The van der Waals surface area contributed by atoms with E-state index in [0.717, 1.165) is 18.5 Å². The molecule has 1 saturated heterocycles. The molecule has 1 aliphatic heterocycles. The van der Waals surface area contributed by atoms with E-state index in [4.69, 9.17) is 9.15 Å². The lowest BCUT2D eigenvalue weighted by molar-refractivity contribution is 0.0554. The highest BCUT2D eigenvalue weighted by atomic mass is 16.5. The molecule has 1 aromatic carbocycles. The summed E-state index contributed by atoms with van der Waals surface area (Å²) in [5.41, 5.74) is 1.32. The first kappa shape index (κ1) is 16.8. The average molecular weight is 332 g/mol. The number of ether oxygens (including phenoxy) is 1. The van der Waals surface area contributed by atoms with Crippen LogP contribution in [0.15, 0.2) is 22.6 Å². The molecule has 6 nitrogen and oxygen atoms in total. The zero-order valence-corrected chi connectivity index (χ0v) is 14.4. The van der Waals surface area contributed by atoms with Crippen LogP contribution in [0.5, 0.6) is 5.75 Å². The average Bonchev–Trinajstić information content (AvgIpc) is 2.89. The molecule has 2 aromatic rings. The molecule has 0 aliphatic carbocycles. The van der Waals surface area contributed by atoms with Gasteiger partial charge in [-0.15, -0.1) is 0 Å². The summed E-state index contributed by atoms with van der Waals surface area (Å²) in [4.78, 5) is 17.0. The Morgan fingerprint density at radius 1 is 1.33 bits per heavy atom. The van der Waals surface area contributed by atoms with Gasteiger partial charge in [-0.1, -0.05) is 0 Å². The Labute approximate surface area is 141 Å². The molecule has 0 spiro atoms. The lowest BCUT2D eigenvalue weighted by Gasteiger charge is -2.35.